The van der Waals surface area contributed by atoms with E-state index < -0.39 is 6.10 Å². The van der Waals surface area contributed by atoms with Gasteiger partial charge in [0.05, 0.1) is 6.10 Å². The molecule has 0 rings (SSSR count). The Labute approximate surface area is 61.9 Å². The molecular formula is C8H14O2. The predicted octanol–water partition coefficient (Wildman–Crippen LogP) is 0.389. The van der Waals surface area contributed by atoms with Gasteiger partial charge in [-0.05, 0) is 20.3 Å². The fraction of sp³-hybridized carbons (Fsp3) is 0.750. The second kappa shape index (κ2) is 5.28. The summed E-state index contributed by atoms with van der Waals surface area (Å²) in [5, 5.41) is 17.6. The lowest BCUT2D eigenvalue weighted by Crippen LogP contribution is -2.17. The number of aliphatic hydroxyl groups excluding tert-OH is 2. The van der Waals surface area contributed by atoms with Crippen molar-refractivity contribution in [3.05, 3.63) is 0 Å². The molecule has 2 atom stereocenters. The molecule has 0 aliphatic rings. The molecule has 0 aromatic heterocycles. The molecule has 0 amide bonds. The number of hydrogen-bond donors (Lipinski definition) is 2. The first-order valence-corrected chi connectivity index (χ1v) is 3.43. The molecule has 0 spiro atoms. The fourth-order valence-corrected chi connectivity index (χ4v) is 0.706. The molecule has 0 saturated heterocycles. The van der Waals surface area contributed by atoms with E-state index in [1.807, 2.05) is 6.92 Å². The third kappa shape index (κ3) is 3.49. The van der Waals surface area contributed by atoms with Crippen molar-refractivity contribution < 1.29 is 10.2 Å². The Morgan fingerprint density at radius 2 is 2.10 bits per heavy atom. The van der Waals surface area contributed by atoms with Crippen LogP contribution >= 0.6 is 0 Å². The van der Waals surface area contributed by atoms with E-state index in [0.717, 1.165) is 0 Å². The molecule has 0 aliphatic carbocycles. The lowest BCUT2D eigenvalue weighted by atomic mass is 10.0. The predicted molar refractivity (Wildman–Crippen MR) is 40.3 cm³/mol. The number of aliphatic hydroxyl groups is 2. The van der Waals surface area contributed by atoms with Crippen LogP contribution in [0.5, 0.6) is 0 Å². The van der Waals surface area contributed by atoms with Gasteiger partial charge in [0.2, 0.25) is 0 Å². The molecule has 0 heterocycles. The lowest BCUT2D eigenvalue weighted by Gasteiger charge is -2.10. The minimum Gasteiger partial charge on any atom is -0.396 e. The number of hydrogen-bond acceptors (Lipinski definition) is 2. The SMILES string of the molecule is CC#CC(C)C(O)CCO. The third-order valence-corrected chi connectivity index (χ3v) is 1.37. The zero-order valence-electron chi connectivity index (χ0n) is 6.46. The van der Waals surface area contributed by atoms with Gasteiger partial charge in [-0.3, -0.25) is 0 Å². The summed E-state index contributed by atoms with van der Waals surface area (Å²) < 4.78 is 0. The highest BCUT2D eigenvalue weighted by atomic mass is 16.3. The van der Waals surface area contributed by atoms with E-state index in [-0.39, 0.29) is 12.5 Å². The fourth-order valence-electron chi connectivity index (χ4n) is 0.706. The maximum atomic E-state index is 9.19. The van der Waals surface area contributed by atoms with Crippen LogP contribution in [-0.2, 0) is 0 Å². The van der Waals surface area contributed by atoms with Gasteiger partial charge < -0.3 is 10.2 Å². The van der Waals surface area contributed by atoms with Gasteiger partial charge >= 0.3 is 0 Å². The van der Waals surface area contributed by atoms with Gasteiger partial charge in [0.25, 0.3) is 0 Å². The molecular weight excluding hydrogens is 128 g/mol. The second-order valence-corrected chi connectivity index (χ2v) is 2.26. The maximum absolute atomic E-state index is 9.19. The summed E-state index contributed by atoms with van der Waals surface area (Å²) in [5.74, 6) is 5.50. The first kappa shape index (κ1) is 9.48. The molecule has 0 aromatic carbocycles. The van der Waals surface area contributed by atoms with Crippen molar-refractivity contribution in [3.8, 4) is 11.8 Å². The van der Waals surface area contributed by atoms with E-state index in [1.54, 1.807) is 6.92 Å². The Balaban J connectivity index is 3.66. The minimum absolute atomic E-state index is 0.0247. The van der Waals surface area contributed by atoms with Crippen molar-refractivity contribution in [2.24, 2.45) is 5.92 Å². The van der Waals surface area contributed by atoms with Crippen LogP contribution in [0.3, 0.4) is 0 Å². The van der Waals surface area contributed by atoms with Crippen molar-refractivity contribution in [1.29, 1.82) is 0 Å². The molecule has 0 saturated carbocycles. The summed E-state index contributed by atoms with van der Waals surface area (Å²) in [6.45, 7) is 3.61. The van der Waals surface area contributed by atoms with Crippen LogP contribution < -0.4 is 0 Å². The summed E-state index contributed by atoms with van der Waals surface area (Å²) in [6, 6.07) is 0. The minimum atomic E-state index is -0.488. The Bertz CT molecular complexity index is 132. The van der Waals surface area contributed by atoms with Crippen LogP contribution in [-0.4, -0.2) is 22.9 Å². The topological polar surface area (TPSA) is 40.5 Å². The van der Waals surface area contributed by atoms with Crippen LogP contribution in [0.15, 0.2) is 0 Å². The van der Waals surface area contributed by atoms with Crippen LogP contribution in [0.4, 0.5) is 0 Å². The Morgan fingerprint density at radius 3 is 2.50 bits per heavy atom. The molecule has 0 bridgehead atoms. The zero-order valence-corrected chi connectivity index (χ0v) is 6.46. The standard InChI is InChI=1S/C8H14O2/c1-3-4-7(2)8(10)5-6-9/h7-10H,5-6H2,1-2H3. The van der Waals surface area contributed by atoms with Gasteiger partial charge in [0.15, 0.2) is 0 Å². The van der Waals surface area contributed by atoms with Crippen molar-refractivity contribution >= 4 is 0 Å². The summed E-state index contributed by atoms with van der Waals surface area (Å²) in [4.78, 5) is 0. The Hall–Kier alpha value is -0.520. The smallest absolute Gasteiger partial charge is 0.0696 e. The summed E-state index contributed by atoms with van der Waals surface area (Å²) in [5.41, 5.74) is 0. The van der Waals surface area contributed by atoms with E-state index in [0.29, 0.717) is 6.42 Å². The monoisotopic (exact) mass is 142 g/mol. The average Bonchev–Trinajstić information content (AvgIpc) is 1.89. The van der Waals surface area contributed by atoms with Crippen LogP contribution in [0.25, 0.3) is 0 Å². The largest absolute Gasteiger partial charge is 0.396 e. The third-order valence-electron chi connectivity index (χ3n) is 1.37. The highest BCUT2D eigenvalue weighted by Gasteiger charge is 2.09. The summed E-state index contributed by atoms with van der Waals surface area (Å²) in [6.07, 6.45) is -0.0759. The normalized spacial score (nSPS) is 15.2. The molecule has 2 unspecified atom stereocenters. The van der Waals surface area contributed by atoms with Crippen molar-refractivity contribution in [2.75, 3.05) is 6.61 Å². The Kier molecular flexibility index (Phi) is 5.00. The van der Waals surface area contributed by atoms with Crippen molar-refractivity contribution in [2.45, 2.75) is 26.4 Å². The van der Waals surface area contributed by atoms with E-state index in [2.05, 4.69) is 11.8 Å². The second-order valence-electron chi connectivity index (χ2n) is 2.26. The first-order chi connectivity index (χ1) is 4.72. The molecule has 10 heavy (non-hydrogen) atoms. The lowest BCUT2D eigenvalue weighted by molar-refractivity contribution is 0.106. The van der Waals surface area contributed by atoms with E-state index >= 15 is 0 Å². The van der Waals surface area contributed by atoms with Crippen molar-refractivity contribution in [3.63, 3.8) is 0 Å². The molecule has 58 valence electrons. The molecule has 2 nitrogen and oxygen atoms in total. The van der Waals surface area contributed by atoms with Gasteiger partial charge in [0, 0.05) is 12.5 Å². The zero-order chi connectivity index (χ0) is 7.98. The van der Waals surface area contributed by atoms with Crippen LogP contribution in [0.1, 0.15) is 20.3 Å². The highest BCUT2D eigenvalue weighted by molar-refractivity contribution is 5.01. The summed E-state index contributed by atoms with van der Waals surface area (Å²) >= 11 is 0. The quantitative estimate of drug-likeness (QED) is 0.559. The molecule has 0 aromatic rings. The summed E-state index contributed by atoms with van der Waals surface area (Å²) in [7, 11) is 0. The molecule has 0 aliphatic heterocycles. The number of rotatable bonds is 3. The molecule has 2 heteroatoms. The molecule has 0 fully saturated rings. The Morgan fingerprint density at radius 1 is 1.50 bits per heavy atom. The first-order valence-electron chi connectivity index (χ1n) is 3.43. The van der Waals surface area contributed by atoms with E-state index in [1.165, 1.54) is 0 Å². The van der Waals surface area contributed by atoms with E-state index in [4.69, 9.17) is 5.11 Å². The van der Waals surface area contributed by atoms with Gasteiger partial charge in [-0.2, -0.15) is 0 Å². The van der Waals surface area contributed by atoms with Crippen LogP contribution in [0, 0.1) is 17.8 Å². The van der Waals surface area contributed by atoms with Crippen LogP contribution in [0.2, 0.25) is 0 Å². The molecule has 2 N–H and O–H groups in total. The van der Waals surface area contributed by atoms with E-state index in [9.17, 15) is 5.11 Å². The van der Waals surface area contributed by atoms with Gasteiger partial charge in [0.1, 0.15) is 0 Å². The van der Waals surface area contributed by atoms with Gasteiger partial charge in [-0.25, -0.2) is 0 Å². The molecule has 0 radical (unpaired) electrons. The van der Waals surface area contributed by atoms with Gasteiger partial charge in [-0.1, -0.05) is 5.92 Å². The van der Waals surface area contributed by atoms with Gasteiger partial charge in [-0.15, -0.1) is 5.92 Å². The maximum Gasteiger partial charge on any atom is 0.0696 e. The average molecular weight is 142 g/mol. The van der Waals surface area contributed by atoms with Crippen molar-refractivity contribution in [1.82, 2.24) is 0 Å². The highest BCUT2D eigenvalue weighted by Crippen LogP contribution is 2.04.